The smallest absolute Gasteiger partial charge is 0.240 e. The molecule has 0 bridgehead atoms. The molecule has 2 heterocycles. The van der Waals surface area contributed by atoms with Gasteiger partial charge in [-0.05, 0) is 12.1 Å². The van der Waals surface area contributed by atoms with Crippen LogP contribution in [0.5, 0.6) is 0 Å². The van der Waals surface area contributed by atoms with E-state index >= 15 is 0 Å². The van der Waals surface area contributed by atoms with Crippen molar-refractivity contribution in [3.63, 3.8) is 0 Å². The van der Waals surface area contributed by atoms with Gasteiger partial charge in [0.1, 0.15) is 12.6 Å². The first-order valence-corrected chi connectivity index (χ1v) is 5.95. The second-order valence-electron chi connectivity index (χ2n) is 3.93. The summed E-state index contributed by atoms with van der Waals surface area (Å²) in [5.41, 5.74) is 1.87. The Morgan fingerprint density at radius 3 is 2.53 bits per heavy atom. The van der Waals surface area contributed by atoms with Gasteiger partial charge in [0, 0.05) is 17.6 Å². The quantitative estimate of drug-likeness (QED) is 0.448. The number of aromatic nitrogens is 2. The molecule has 0 atom stereocenters. The van der Waals surface area contributed by atoms with Crippen LogP contribution < -0.4 is 4.57 Å². The van der Waals surface area contributed by atoms with Gasteiger partial charge in [-0.2, -0.15) is 4.57 Å². The summed E-state index contributed by atoms with van der Waals surface area (Å²) in [5.74, 6) is 0. The highest BCUT2D eigenvalue weighted by atomic mass is 35.5. The summed E-state index contributed by atoms with van der Waals surface area (Å²) < 4.78 is 2.01. The van der Waals surface area contributed by atoms with E-state index in [4.69, 9.17) is 23.2 Å². The van der Waals surface area contributed by atoms with Crippen LogP contribution in [0, 0.1) is 0 Å². The lowest BCUT2D eigenvalue weighted by Crippen LogP contribution is -2.28. The number of pyridine rings is 2. The molecular formula is C13H9Cl2N2+. The Hall–Kier alpha value is -1.38. The molecule has 0 aliphatic heterocycles. The molecule has 0 radical (unpaired) electrons. The average Bonchev–Trinajstić information content (AvgIpc) is 2.33. The fraction of sp³-hybridized carbons (Fsp3) is 0.0769. The summed E-state index contributed by atoms with van der Waals surface area (Å²) >= 11 is 12.4. The maximum Gasteiger partial charge on any atom is 0.240 e. The SMILES string of the molecule is C[n+]1ccc(Cl)c2ccc3c(Cl)ccnc3c21. The maximum atomic E-state index is 6.20. The van der Waals surface area contributed by atoms with Gasteiger partial charge in [0.25, 0.3) is 0 Å². The van der Waals surface area contributed by atoms with Crippen LogP contribution in [0.15, 0.2) is 36.7 Å². The molecule has 2 nitrogen and oxygen atoms in total. The third-order valence-electron chi connectivity index (χ3n) is 2.89. The van der Waals surface area contributed by atoms with Crippen molar-refractivity contribution in [1.82, 2.24) is 4.98 Å². The van der Waals surface area contributed by atoms with E-state index in [0.29, 0.717) is 5.02 Å². The third-order valence-corrected chi connectivity index (χ3v) is 3.55. The van der Waals surface area contributed by atoms with Gasteiger partial charge in [-0.3, -0.25) is 0 Å². The fourth-order valence-corrected chi connectivity index (χ4v) is 2.48. The van der Waals surface area contributed by atoms with Gasteiger partial charge >= 0.3 is 0 Å². The lowest BCUT2D eigenvalue weighted by Gasteiger charge is -2.03. The Balaban J connectivity index is 2.65. The molecule has 17 heavy (non-hydrogen) atoms. The second kappa shape index (κ2) is 3.83. The number of aryl methyl sites for hydroxylation is 1. The van der Waals surface area contributed by atoms with Crippen molar-refractivity contribution in [2.24, 2.45) is 7.05 Å². The number of halogens is 2. The van der Waals surface area contributed by atoms with E-state index in [1.165, 1.54) is 0 Å². The molecule has 3 rings (SSSR count). The van der Waals surface area contributed by atoms with Gasteiger partial charge in [-0.15, -0.1) is 0 Å². The van der Waals surface area contributed by atoms with E-state index in [1.807, 2.05) is 36.0 Å². The van der Waals surface area contributed by atoms with E-state index in [2.05, 4.69) is 4.98 Å². The molecule has 2 aromatic heterocycles. The average molecular weight is 264 g/mol. The summed E-state index contributed by atoms with van der Waals surface area (Å²) in [6.07, 6.45) is 3.64. The summed E-state index contributed by atoms with van der Waals surface area (Å²) in [7, 11) is 1.97. The summed E-state index contributed by atoms with van der Waals surface area (Å²) in [4.78, 5) is 4.41. The minimum Gasteiger partial charge on any atom is -0.249 e. The molecule has 0 aliphatic carbocycles. The number of benzene rings is 1. The molecule has 0 fully saturated rings. The van der Waals surface area contributed by atoms with Crippen LogP contribution >= 0.6 is 23.2 Å². The maximum absolute atomic E-state index is 6.20. The zero-order valence-electron chi connectivity index (χ0n) is 9.11. The second-order valence-corrected chi connectivity index (χ2v) is 4.74. The summed E-state index contributed by atoms with van der Waals surface area (Å²) in [6, 6.07) is 7.60. The standard InChI is InChI=1S/C13H9Cl2N2/c1-17-7-5-11(15)9-3-2-8-10(14)4-6-16-12(8)13(9)17/h2-7H,1H3/q+1. The minimum absolute atomic E-state index is 0.705. The fourth-order valence-electron chi connectivity index (χ4n) is 2.06. The Morgan fingerprint density at radius 2 is 1.71 bits per heavy atom. The van der Waals surface area contributed by atoms with Crippen molar-refractivity contribution in [1.29, 1.82) is 0 Å². The van der Waals surface area contributed by atoms with Crippen LogP contribution in [-0.4, -0.2) is 4.98 Å². The van der Waals surface area contributed by atoms with Crippen LogP contribution in [0.25, 0.3) is 21.8 Å². The van der Waals surface area contributed by atoms with Crippen molar-refractivity contribution in [3.05, 3.63) is 46.7 Å². The molecule has 1 aromatic carbocycles. The monoisotopic (exact) mass is 263 g/mol. The molecule has 4 heteroatoms. The molecule has 0 spiro atoms. The van der Waals surface area contributed by atoms with Crippen LogP contribution in [0.4, 0.5) is 0 Å². The molecule has 0 aliphatic rings. The van der Waals surface area contributed by atoms with E-state index in [9.17, 15) is 0 Å². The molecule has 0 amide bonds. The van der Waals surface area contributed by atoms with Crippen molar-refractivity contribution in [2.75, 3.05) is 0 Å². The third kappa shape index (κ3) is 1.56. The summed E-state index contributed by atoms with van der Waals surface area (Å²) in [5, 5.41) is 3.36. The highest BCUT2D eigenvalue weighted by Gasteiger charge is 2.14. The number of nitrogens with zero attached hydrogens (tertiary/aromatic N) is 2. The van der Waals surface area contributed by atoms with E-state index in [1.54, 1.807) is 12.3 Å². The predicted molar refractivity (Wildman–Crippen MR) is 70.4 cm³/mol. The molecule has 84 valence electrons. The molecule has 0 unspecified atom stereocenters. The van der Waals surface area contributed by atoms with Crippen LogP contribution in [0.3, 0.4) is 0 Å². The normalized spacial score (nSPS) is 11.2. The highest BCUT2D eigenvalue weighted by Crippen LogP contribution is 2.29. The Morgan fingerprint density at radius 1 is 1.00 bits per heavy atom. The van der Waals surface area contributed by atoms with Gasteiger partial charge in [0.2, 0.25) is 5.52 Å². The van der Waals surface area contributed by atoms with Crippen molar-refractivity contribution in [3.8, 4) is 0 Å². The first-order valence-electron chi connectivity index (χ1n) is 5.19. The molecule has 3 aromatic rings. The van der Waals surface area contributed by atoms with Crippen LogP contribution in [0.1, 0.15) is 0 Å². The van der Waals surface area contributed by atoms with Gasteiger partial charge in [-0.1, -0.05) is 29.3 Å². The summed E-state index contributed by atoms with van der Waals surface area (Å²) in [6.45, 7) is 0. The zero-order chi connectivity index (χ0) is 12.0. The van der Waals surface area contributed by atoms with Gasteiger partial charge in [-0.25, -0.2) is 4.98 Å². The first kappa shape index (κ1) is 10.8. The van der Waals surface area contributed by atoms with Crippen molar-refractivity contribution in [2.45, 2.75) is 0 Å². The van der Waals surface area contributed by atoms with E-state index in [0.717, 1.165) is 26.8 Å². The largest absolute Gasteiger partial charge is 0.249 e. The Kier molecular flexibility index (Phi) is 2.42. The highest BCUT2D eigenvalue weighted by molar-refractivity contribution is 6.37. The molecule has 0 saturated carbocycles. The van der Waals surface area contributed by atoms with Crippen molar-refractivity contribution < 1.29 is 4.57 Å². The lowest BCUT2D eigenvalue weighted by molar-refractivity contribution is -0.644. The number of fused-ring (bicyclic) bond motifs is 3. The van der Waals surface area contributed by atoms with E-state index < -0.39 is 0 Å². The van der Waals surface area contributed by atoms with Crippen molar-refractivity contribution >= 4 is 45.0 Å². The minimum atomic E-state index is 0.705. The topological polar surface area (TPSA) is 16.8 Å². The number of hydrogen-bond donors (Lipinski definition) is 0. The van der Waals surface area contributed by atoms with Gasteiger partial charge in [0.05, 0.1) is 15.4 Å². The van der Waals surface area contributed by atoms with Gasteiger partial charge in [0.15, 0.2) is 6.20 Å². The number of hydrogen-bond acceptors (Lipinski definition) is 1. The van der Waals surface area contributed by atoms with Crippen LogP contribution in [-0.2, 0) is 7.05 Å². The Labute approximate surface area is 108 Å². The lowest BCUT2D eigenvalue weighted by atomic mass is 10.1. The van der Waals surface area contributed by atoms with Gasteiger partial charge < -0.3 is 0 Å². The Bertz CT molecular complexity index is 738. The van der Waals surface area contributed by atoms with E-state index in [-0.39, 0.29) is 0 Å². The predicted octanol–water partition coefficient (Wildman–Crippen LogP) is 3.52. The molecule has 0 N–H and O–H groups in total. The molecular weight excluding hydrogens is 255 g/mol. The zero-order valence-corrected chi connectivity index (χ0v) is 10.6. The molecule has 0 saturated heterocycles. The van der Waals surface area contributed by atoms with Crippen LogP contribution in [0.2, 0.25) is 10.0 Å². The first-order chi connectivity index (χ1) is 8.18. The number of rotatable bonds is 0.